The molecular formula is C39H35N11O4S4. The highest BCUT2D eigenvalue weighted by Crippen LogP contribution is 2.42. The van der Waals surface area contributed by atoms with Crippen LogP contribution in [-0.2, 0) is 40.0 Å². The van der Waals surface area contributed by atoms with Gasteiger partial charge < -0.3 is 25.4 Å². The lowest BCUT2D eigenvalue weighted by Gasteiger charge is -2.36. The van der Waals surface area contributed by atoms with Gasteiger partial charge in [-0.25, -0.2) is 19.9 Å². The largest absolute Gasteiger partial charge is 0.481 e. The van der Waals surface area contributed by atoms with Gasteiger partial charge in [-0.05, 0) is 116 Å². The molecule has 58 heavy (non-hydrogen) atoms. The van der Waals surface area contributed by atoms with Gasteiger partial charge in [0, 0.05) is 33.6 Å². The molecule has 1 aliphatic heterocycles. The molecule has 7 heterocycles. The van der Waals surface area contributed by atoms with Crippen molar-refractivity contribution in [3.8, 4) is 0 Å². The number of carboxylic acids is 1. The van der Waals surface area contributed by atoms with E-state index in [1.54, 1.807) is 35.3 Å². The maximum Gasteiger partial charge on any atom is 0.306 e. The summed E-state index contributed by atoms with van der Waals surface area (Å²) in [5.41, 5.74) is 6.11. The molecule has 19 heteroatoms. The summed E-state index contributed by atoms with van der Waals surface area (Å²) in [6, 6.07) is 12.0. The smallest absolute Gasteiger partial charge is 0.306 e. The van der Waals surface area contributed by atoms with Crippen LogP contribution in [0.15, 0.2) is 49.1 Å². The number of hydrogen-bond acceptors (Lipinski definition) is 17. The number of nitrogens with zero attached hydrogens (tertiary/aromatic N) is 9. The van der Waals surface area contributed by atoms with E-state index >= 15 is 0 Å². The Morgan fingerprint density at radius 2 is 1.33 bits per heavy atom. The van der Waals surface area contributed by atoms with Crippen molar-refractivity contribution in [2.24, 2.45) is 11.8 Å². The van der Waals surface area contributed by atoms with E-state index in [2.05, 4.69) is 56.7 Å². The molecule has 2 aromatic carbocycles. The van der Waals surface area contributed by atoms with Crippen molar-refractivity contribution >= 4 is 121 Å². The first-order chi connectivity index (χ1) is 28.4. The second-order valence-corrected chi connectivity index (χ2v) is 18.4. The Balaban J connectivity index is 0.000000144. The summed E-state index contributed by atoms with van der Waals surface area (Å²) < 4.78 is 15.5. The zero-order chi connectivity index (χ0) is 39.3. The fraction of sp³-hybridized carbons (Fsp3) is 0.333. The lowest BCUT2D eigenvalue weighted by atomic mass is 9.86. The van der Waals surface area contributed by atoms with E-state index in [0.717, 1.165) is 94.4 Å². The van der Waals surface area contributed by atoms with Gasteiger partial charge in [-0.1, -0.05) is 8.98 Å². The number of rotatable bonds is 6. The van der Waals surface area contributed by atoms with Gasteiger partial charge in [0.05, 0.1) is 45.3 Å². The minimum atomic E-state index is -0.719. The number of amides is 1. The summed E-state index contributed by atoms with van der Waals surface area (Å²) in [5.74, 6) is 0.848. The molecule has 294 valence electrons. The maximum absolute atomic E-state index is 13.2. The van der Waals surface area contributed by atoms with E-state index in [4.69, 9.17) is 4.74 Å². The number of nitrogens with one attached hydrogen (secondary N) is 2. The first kappa shape index (κ1) is 37.0. The number of aryl methyl sites for hydroxylation is 2. The van der Waals surface area contributed by atoms with Gasteiger partial charge in [0.25, 0.3) is 0 Å². The van der Waals surface area contributed by atoms with Crippen LogP contribution in [0.3, 0.4) is 0 Å². The summed E-state index contributed by atoms with van der Waals surface area (Å²) in [6.45, 7) is 4.01. The van der Waals surface area contributed by atoms with Gasteiger partial charge in [0.2, 0.25) is 5.91 Å². The third-order valence-corrected chi connectivity index (χ3v) is 14.8. The standard InChI is InChI=1S/C22H22N6O2S2.C17H13N5O2S2/c1-12-10-30-7-6-28(12)22(29)13-2-4-15-17(8-13)31-21-19(15)20(23-11-24-21)25-14-3-5-16-18(9-14)32-27-26-16;23-17(24)8-1-3-10-12(5-8)25-16-14(10)15(18-7-19-16)20-9-2-4-11-13(6-9)26-22-21-11/h3,5,9,11-13H,2,4,6-8,10H2,1H3,(H,23,24,25);2,4,6-8H,1,3,5H2,(H,23,24)(H,18,19,20)/t12-,13-;8-/m00/s1. The van der Waals surface area contributed by atoms with E-state index in [-0.39, 0.29) is 23.8 Å². The Morgan fingerprint density at radius 3 is 1.88 bits per heavy atom. The SMILES string of the molecule is C[C@H]1COCCN1C(=O)[C@H]1CCc2c(sc3ncnc(Nc4ccc5nnsc5c4)c23)C1.O=C(O)[C@H]1CCc2c(sc3ncnc(Nc4ccc5nnsc5c4)c23)C1. The van der Waals surface area contributed by atoms with Crippen molar-refractivity contribution in [3.63, 3.8) is 0 Å². The molecule has 15 nitrogen and oxygen atoms in total. The molecule has 1 amide bonds. The van der Waals surface area contributed by atoms with E-state index in [1.165, 1.54) is 39.1 Å². The number of anilines is 4. The van der Waals surface area contributed by atoms with Gasteiger partial charge in [-0.2, -0.15) is 0 Å². The average molecular weight is 850 g/mol. The number of carbonyl (C=O) groups excluding carboxylic acids is 1. The fourth-order valence-electron chi connectivity index (χ4n) is 8.11. The first-order valence-corrected chi connectivity index (χ1v) is 22.1. The molecule has 3 aliphatic rings. The topological polar surface area (TPSA) is 194 Å². The van der Waals surface area contributed by atoms with Gasteiger partial charge in [-0.3, -0.25) is 9.59 Å². The normalized spacial score (nSPS) is 19.1. The highest BCUT2D eigenvalue weighted by Gasteiger charge is 2.34. The van der Waals surface area contributed by atoms with Crippen LogP contribution in [0.2, 0.25) is 0 Å². The molecule has 0 radical (unpaired) electrons. The molecule has 6 aromatic heterocycles. The summed E-state index contributed by atoms with van der Waals surface area (Å²) >= 11 is 6.00. The monoisotopic (exact) mass is 849 g/mol. The van der Waals surface area contributed by atoms with E-state index in [9.17, 15) is 14.7 Å². The molecule has 0 bridgehead atoms. The van der Waals surface area contributed by atoms with E-state index < -0.39 is 5.97 Å². The van der Waals surface area contributed by atoms with Crippen molar-refractivity contribution in [1.82, 2.24) is 44.0 Å². The fourth-order valence-corrected chi connectivity index (χ4v) is 11.8. The third kappa shape index (κ3) is 6.99. The predicted molar refractivity (Wildman–Crippen MR) is 227 cm³/mol. The maximum atomic E-state index is 13.2. The molecule has 0 unspecified atom stereocenters. The minimum absolute atomic E-state index is 0.0294. The quantitative estimate of drug-likeness (QED) is 0.150. The summed E-state index contributed by atoms with van der Waals surface area (Å²) in [4.78, 5) is 48.7. The summed E-state index contributed by atoms with van der Waals surface area (Å²) in [7, 11) is 0. The van der Waals surface area contributed by atoms with Crippen LogP contribution in [0.25, 0.3) is 40.9 Å². The average Bonchev–Trinajstić information content (AvgIpc) is 4.05. The Bertz CT molecular complexity index is 2850. The van der Waals surface area contributed by atoms with Crippen LogP contribution >= 0.6 is 45.7 Å². The highest BCUT2D eigenvalue weighted by atomic mass is 32.1. The lowest BCUT2D eigenvalue weighted by Crippen LogP contribution is -2.50. The molecule has 0 spiro atoms. The first-order valence-electron chi connectivity index (χ1n) is 19.0. The van der Waals surface area contributed by atoms with Crippen molar-refractivity contribution in [2.45, 2.75) is 51.5 Å². The molecule has 3 atom stereocenters. The van der Waals surface area contributed by atoms with Gasteiger partial charge >= 0.3 is 5.97 Å². The Kier molecular flexibility index (Phi) is 9.84. The molecule has 2 aliphatic carbocycles. The molecule has 11 rings (SSSR count). The Morgan fingerprint density at radius 1 is 0.776 bits per heavy atom. The van der Waals surface area contributed by atoms with E-state index in [1.807, 2.05) is 41.3 Å². The molecule has 0 saturated carbocycles. The van der Waals surface area contributed by atoms with Crippen molar-refractivity contribution in [1.29, 1.82) is 0 Å². The summed E-state index contributed by atoms with van der Waals surface area (Å²) in [5, 5.41) is 26.4. The van der Waals surface area contributed by atoms with E-state index in [0.29, 0.717) is 32.6 Å². The van der Waals surface area contributed by atoms with Crippen LogP contribution in [0.1, 0.15) is 40.6 Å². The number of carbonyl (C=O) groups is 2. The molecule has 8 aromatic rings. The van der Waals surface area contributed by atoms with Crippen LogP contribution in [0, 0.1) is 11.8 Å². The Hall–Kier alpha value is -5.34. The third-order valence-electron chi connectivity index (χ3n) is 11.1. The predicted octanol–water partition coefficient (Wildman–Crippen LogP) is 7.42. The van der Waals surface area contributed by atoms with Crippen LogP contribution in [0.4, 0.5) is 23.0 Å². The van der Waals surface area contributed by atoms with Gasteiger partial charge in [0.15, 0.2) is 0 Å². The molecule has 1 fully saturated rings. The van der Waals surface area contributed by atoms with Gasteiger partial charge in [-0.15, -0.1) is 32.9 Å². The number of morpholine rings is 1. The highest BCUT2D eigenvalue weighted by molar-refractivity contribution is 7.19. The van der Waals surface area contributed by atoms with Crippen LogP contribution in [0.5, 0.6) is 0 Å². The second-order valence-electron chi connectivity index (χ2n) is 14.6. The zero-order valence-electron chi connectivity index (χ0n) is 31.0. The molecule has 1 saturated heterocycles. The number of fused-ring (bicyclic) bond motifs is 8. The van der Waals surface area contributed by atoms with Crippen molar-refractivity contribution in [2.75, 3.05) is 30.4 Å². The number of ether oxygens (including phenoxy) is 1. The van der Waals surface area contributed by atoms with Crippen molar-refractivity contribution < 1.29 is 19.4 Å². The zero-order valence-corrected chi connectivity index (χ0v) is 34.3. The van der Waals surface area contributed by atoms with Crippen LogP contribution in [-0.4, -0.2) is 86.8 Å². The lowest BCUT2D eigenvalue weighted by molar-refractivity contribution is -0.144. The second kappa shape index (κ2) is 15.4. The molecular weight excluding hydrogens is 815 g/mol. The number of aliphatic carboxylic acids is 1. The van der Waals surface area contributed by atoms with Crippen molar-refractivity contribution in [3.05, 3.63) is 69.9 Å². The number of thiophene rings is 2. The number of hydrogen-bond donors (Lipinski definition) is 3. The molecule has 3 N–H and O–H groups in total. The summed E-state index contributed by atoms with van der Waals surface area (Å²) in [6.07, 6.45) is 7.62. The minimum Gasteiger partial charge on any atom is -0.481 e. The Labute approximate surface area is 346 Å². The number of aromatic nitrogens is 8. The number of carboxylic acid groups (broad SMARTS) is 1. The van der Waals surface area contributed by atoms with Crippen LogP contribution < -0.4 is 10.6 Å². The number of benzene rings is 2. The van der Waals surface area contributed by atoms with Gasteiger partial charge in [0.1, 0.15) is 45.0 Å².